The molecule has 5 heteroatoms. The standard InChI is InChI=1S/C14H26N4O/c1-14(2,11-15)8-4-6-10-18-13(19)17-9-5-3-7-12(17)16-18/h3-11,15H2,1-2H3. The minimum absolute atomic E-state index is 0.0767. The number of rotatable bonds is 6. The van der Waals surface area contributed by atoms with Gasteiger partial charge in [-0.1, -0.05) is 20.3 Å². The molecule has 19 heavy (non-hydrogen) atoms. The van der Waals surface area contributed by atoms with Crippen LogP contribution in [0.15, 0.2) is 4.79 Å². The van der Waals surface area contributed by atoms with Gasteiger partial charge in [0.25, 0.3) is 0 Å². The SMILES string of the molecule is CC(C)(CN)CCCCn1nc2n(c1=O)CCCC2. The molecule has 0 unspecified atom stereocenters. The van der Waals surface area contributed by atoms with E-state index in [1.54, 1.807) is 4.68 Å². The van der Waals surface area contributed by atoms with Crippen LogP contribution in [0.2, 0.25) is 0 Å². The van der Waals surface area contributed by atoms with E-state index in [-0.39, 0.29) is 11.1 Å². The first kappa shape index (κ1) is 14.3. The molecule has 2 heterocycles. The van der Waals surface area contributed by atoms with E-state index in [1.165, 1.54) is 0 Å². The molecular weight excluding hydrogens is 240 g/mol. The third-order valence-electron chi connectivity index (χ3n) is 4.06. The van der Waals surface area contributed by atoms with Crippen molar-refractivity contribution in [2.75, 3.05) is 6.54 Å². The quantitative estimate of drug-likeness (QED) is 0.794. The molecule has 0 atom stereocenters. The molecule has 1 aliphatic rings. The fourth-order valence-corrected chi connectivity index (χ4v) is 2.56. The molecule has 0 radical (unpaired) electrons. The molecule has 0 fully saturated rings. The van der Waals surface area contributed by atoms with Crippen molar-refractivity contribution in [2.45, 2.75) is 65.5 Å². The summed E-state index contributed by atoms with van der Waals surface area (Å²) in [5, 5.41) is 4.45. The Morgan fingerprint density at radius 1 is 1.32 bits per heavy atom. The monoisotopic (exact) mass is 266 g/mol. The van der Waals surface area contributed by atoms with Crippen molar-refractivity contribution < 1.29 is 0 Å². The number of hydrogen-bond donors (Lipinski definition) is 1. The van der Waals surface area contributed by atoms with Crippen LogP contribution in [0, 0.1) is 5.41 Å². The largest absolute Gasteiger partial charge is 0.345 e. The van der Waals surface area contributed by atoms with Crippen LogP contribution in [-0.4, -0.2) is 20.9 Å². The normalized spacial score (nSPS) is 15.5. The molecule has 1 aromatic rings. The molecule has 0 saturated heterocycles. The molecule has 0 amide bonds. The Kier molecular flexibility index (Phi) is 4.45. The summed E-state index contributed by atoms with van der Waals surface area (Å²) < 4.78 is 3.49. The molecule has 0 aromatic carbocycles. The summed E-state index contributed by atoms with van der Waals surface area (Å²) in [6.45, 7) is 6.67. The minimum atomic E-state index is 0.0767. The molecule has 5 nitrogen and oxygen atoms in total. The van der Waals surface area contributed by atoms with Crippen molar-refractivity contribution in [2.24, 2.45) is 11.1 Å². The van der Waals surface area contributed by atoms with Gasteiger partial charge in [0.2, 0.25) is 0 Å². The van der Waals surface area contributed by atoms with E-state index in [2.05, 4.69) is 18.9 Å². The Bertz CT molecular complexity index is 472. The van der Waals surface area contributed by atoms with Crippen LogP contribution in [0.3, 0.4) is 0 Å². The first-order chi connectivity index (χ1) is 9.03. The van der Waals surface area contributed by atoms with Crippen molar-refractivity contribution in [3.63, 3.8) is 0 Å². The Hall–Kier alpha value is -1.10. The number of aryl methyl sites for hydroxylation is 2. The number of aromatic nitrogens is 3. The Balaban J connectivity index is 1.87. The van der Waals surface area contributed by atoms with Gasteiger partial charge in [-0.2, -0.15) is 5.10 Å². The number of nitrogens with zero attached hydrogens (tertiary/aromatic N) is 3. The molecular formula is C14H26N4O. The van der Waals surface area contributed by atoms with Gasteiger partial charge in [0.05, 0.1) is 0 Å². The predicted molar refractivity (Wildman–Crippen MR) is 76.1 cm³/mol. The van der Waals surface area contributed by atoms with E-state index in [1.807, 2.05) is 4.57 Å². The molecule has 1 aliphatic heterocycles. The topological polar surface area (TPSA) is 65.8 Å². The zero-order valence-electron chi connectivity index (χ0n) is 12.2. The smallest absolute Gasteiger partial charge is 0.330 e. The van der Waals surface area contributed by atoms with Crippen molar-refractivity contribution in [3.8, 4) is 0 Å². The zero-order chi connectivity index (χ0) is 13.9. The average molecular weight is 266 g/mol. The molecule has 2 N–H and O–H groups in total. The van der Waals surface area contributed by atoms with Gasteiger partial charge in [0.15, 0.2) is 0 Å². The third-order valence-corrected chi connectivity index (χ3v) is 4.06. The molecule has 0 spiro atoms. The Morgan fingerprint density at radius 2 is 2.11 bits per heavy atom. The second kappa shape index (κ2) is 5.90. The lowest BCUT2D eigenvalue weighted by molar-refractivity contribution is 0.326. The van der Waals surface area contributed by atoms with E-state index >= 15 is 0 Å². The summed E-state index contributed by atoms with van der Waals surface area (Å²) in [6.07, 6.45) is 6.40. The maximum atomic E-state index is 12.1. The van der Waals surface area contributed by atoms with Crippen molar-refractivity contribution in [1.29, 1.82) is 0 Å². The summed E-state index contributed by atoms with van der Waals surface area (Å²) in [5.74, 6) is 0.971. The van der Waals surface area contributed by atoms with E-state index in [4.69, 9.17) is 5.73 Å². The summed E-state index contributed by atoms with van der Waals surface area (Å²) in [7, 11) is 0. The average Bonchev–Trinajstić information content (AvgIpc) is 2.72. The predicted octanol–water partition coefficient (Wildman–Crippen LogP) is 1.54. The molecule has 0 saturated carbocycles. The highest BCUT2D eigenvalue weighted by Crippen LogP contribution is 2.21. The van der Waals surface area contributed by atoms with Crippen LogP contribution in [-0.2, 0) is 19.5 Å². The van der Waals surface area contributed by atoms with Crippen LogP contribution >= 0.6 is 0 Å². The lowest BCUT2D eigenvalue weighted by Gasteiger charge is -2.21. The summed E-state index contributed by atoms with van der Waals surface area (Å²) in [6, 6.07) is 0. The van der Waals surface area contributed by atoms with Gasteiger partial charge in [0.1, 0.15) is 5.82 Å². The van der Waals surface area contributed by atoms with Gasteiger partial charge in [-0.05, 0) is 37.6 Å². The lowest BCUT2D eigenvalue weighted by Crippen LogP contribution is -2.27. The van der Waals surface area contributed by atoms with Gasteiger partial charge in [-0.15, -0.1) is 0 Å². The van der Waals surface area contributed by atoms with Gasteiger partial charge >= 0.3 is 5.69 Å². The number of fused-ring (bicyclic) bond motifs is 1. The van der Waals surface area contributed by atoms with E-state index < -0.39 is 0 Å². The summed E-state index contributed by atoms with van der Waals surface area (Å²) >= 11 is 0. The van der Waals surface area contributed by atoms with Gasteiger partial charge in [0, 0.05) is 19.5 Å². The molecule has 0 aliphatic carbocycles. The number of unbranched alkanes of at least 4 members (excludes halogenated alkanes) is 1. The number of hydrogen-bond acceptors (Lipinski definition) is 3. The van der Waals surface area contributed by atoms with Crippen molar-refractivity contribution >= 4 is 0 Å². The summed E-state index contributed by atoms with van der Waals surface area (Å²) in [5.41, 5.74) is 6.00. The van der Waals surface area contributed by atoms with Crippen LogP contribution in [0.4, 0.5) is 0 Å². The van der Waals surface area contributed by atoms with Gasteiger partial charge in [-0.25, -0.2) is 9.48 Å². The highest BCUT2D eigenvalue weighted by atomic mass is 16.2. The number of nitrogens with two attached hydrogens (primary N) is 1. The Labute approximate surface area is 114 Å². The first-order valence-corrected chi connectivity index (χ1v) is 7.40. The van der Waals surface area contributed by atoms with E-state index in [0.29, 0.717) is 6.54 Å². The third kappa shape index (κ3) is 3.47. The van der Waals surface area contributed by atoms with Crippen LogP contribution in [0.1, 0.15) is 51.8 Å². The van der Waals surface area contributed by atoms with E-state index in [9.17, 15) is 4.79 Å². The minimum Gasteiger partial charge on any atom is -0.330 e. The van der Waals surface area contributed by atoms with Gasteiger partial charge < -0.3 is 5.73 Å². The van der Waals surface area contributed by atoms with Crippen LogP contribution in [0.25, 0.3) is 0 Å². The first-order valence-electron chi connectivity index (χ1n) is 7.40. The fraction of sp³-hybridized carbons (Fsp3) is 0.857. The molecule has 2 rings (SSSR count). The van der Waals surface area contributed by atoms with Crippen LogP contribution < -0.4 is 11.4 Å². The second-order valence-corrected chi connectivity index (χ2v) is 6.36. The highest BCUT2D eigenvalue weighted by Gasteiger charge is 2.17. The molecule has 108 valence electrons. The van der Waals surface area contributed by atoms with Crippen molar-refractivity contribution in [1.82, 2.24) is 14.3 Å². The zero-order valence-corrected chi connectivity index (χ0v) is 12.2. The maximum Gasteiger partial charge on any atom is 0.345 e. The van der Waals surface area contributed by atoms with Gasteiger partial charge in [-0.3, -0.25) is 4.57 Å². The van der Waals surface area contributed by atoms with Crippen LogP contribution in [0.5, 0.6) is 0 Å². The second-order valence-electron chi connectivity index (χ2n) is 6.36. The Morgan fingerprint density at radius 3 is 2.79 bits per heavy atom. The maximum absolute atomic E-state index is 12.1. The van der Waals surface area contributed by atoms with Crippen molar-refractivity contribution in [3.05, 3.63) is 16.3 Å². The fourth-order valence-electron chi connectivity index (χ4n) is 2.56. The molecule has 1 aromatic heterocycles. The lowest BCUT2D eigenvalue weighted by atomic mass is 9.87. The summed E-state index contributed by atoms with van der Waals surface area (Å²) in [4.78, 5) is 12.1. The highest BCUT2D eigenvalue weighted by molar-refractivity contribution is 4.91. The molecule has 0 bridgehead atoms. The van der Waals surface area contributed by atoms with E-state index in [0.717, 1.165) is 57.4 Å².